The maximum atomic E-state index is 6.18. The largest absolute Gasteiger partial charge is 0.370 e. The first-order valence-electron chi connectivity index (χ1n) is 7.44. The van der Waals surface area contributed by atoms with Crippen molar-refractivity contribution in [2.75, 3.05) is 13.1 Å². The second kappa shape index (κ2) is 6.87. The van der Waals surface area contributed by atoms with E-state index in [2.05, 4.69) is 4.90 Å². The molecule has 3 heteroatoms. The molecular weight excluding hydrogens is 210 g/mol. The summed E-state index contributed by atoms with van der Waals surface area (Å²) in [6.45, 7) is 2.23. The molecule has 0 aromatic rings. The van der Waals surface area contributed by atoms with E-state index in [1.54, 1.807) is 0 Å². The molecule has 0 radical (unpaired) electrons. The van der Waals surface area contributed by atoms with Crippen molar-refractivity contribution in [3.8, 4) is 0 Å². The van der Waals surface area contributed by atoms with Crippen LogP contribution in [0.5, 0.6) is 0 Å². The average molecular weight is 237 g/mol. The van der Waals surface area contributed by atoms with Gasteiger partial charge in [-0.15, -0.1) is 0 Å². The molecule has 2 N–H and O–H groups in total. The van der Waals surface area contributed by atoms with Gasteiger partial charge >= 0.3 is 0 Å². The van der Waals surface area contributed by atoms with E-state index in [0.717, 1.165) is 19.0 Å². The van der Waals surface area contributed by atoms with Crippen LogP contribution in [0.2, 0.25) is 0 Å². The molecule has 0 aromatic carbocycles. The molecule has 0 amide bonds. The molecule has 0 aromatic heterocycles. The minimum absolute atomic E-state index is 0.509. The number of likely N-dealkylation sites (tertiary alicyclic amines) is 1. The van der Waals surface area contributed by atoms with E-state index in [9.17, 15) is 0 Å². The average Bonchev–Trinajstić information content (AvgIpc) is 2.29. The minimum atomic E-state index is 0.509. The third-order valence-electron chi connectivity index (χ3n) is 4.07. The van der Waals surface area contributed by atoms with Crippen molar-refractivity contribution < 1.29 is 0 Å². The third kappa shape index (κ3) is 4.21. The first-order chi connectivity index (χ1) is 8.36. The summed E-state index contributed by atoms with van der Waals surface area (Å²) in [5.41, 5.74) is 6.18. The summed E-state index contributed by atoms with van der Waals surface area (Å²) >= 11 is 0. The first kappa shape index (κ1) is 12.7. The Labute approximate surface area is 105 Å². The van der Waals surface area contributed by atoms with Crippen LogP contribution in [0.3, 0.4) is 0 Å². The summed E-state index contributed by atoms with van der Waals surface area (Å²) in [5, 5.41) is 0. The van der Waals surface area contributed by atoms with E-state index in [1.807, 2.05) is 0 Å². The van der Waals surface area contributed by atoms with E-state index >= 15 is 0 Å². The lowest BCUT2D eigenvalue weighted by Crippen LogP contribution is -2.40. The van der Waals surface area contributed by atoms with Crippen LogP contribution in [0.15, 0.2) is 4.99 Å². The van der Waals surface area contributed by atoms with E-state index in [-0.39, 0.29) is 0 Å². The van der Waals surface area contributed by atoms with Gasteiger partial charge in [-0.25, -0.2) is 4.99 Å². The Morgan fingerprint density at radius 2 is 1.35 bits per heavy atom. The van der Waals surface area contributed by atoms with Crippen molar-refractivity contribution >= 4 is 5.96 Å². The number of guanidine groups is 1. The molecule has 1 saturated heterocycles. The second-order valence-corrected chi connectivity index (χ2v) is 5.53. The zero-order valence-electron chi connectivity index (χ0n) is 11.0. The normalized spacial score (nSPS) is 25.4. The molecule has 17 heavy (non-hydrogen) atoms. The lowest BCUT2D eigenvalue weighted by molar-refractivity contribution is 0.352. The quantitative estimate of drug-likeness (QED) is 0.563. The second-order valence-electron chi connectivity index (χ2n) is 5.53. The van der Waals surface area contributed by atoms with Crippen LogP contribution in [-0.4, -0.2) is 30.0 Å². The number of rotatable bonds is 1. The van der Waals surface area contributed by atoms with Gasteiger partial charge in [0.05, 0.1) is 6.04 Å². The molecule has 0 bridgehead atoms. The zero-order chi connectivity index (χ0) is 11.9. The number of nitrogens with two attached hydrogens (primary N) is 1. The molecule has 3 nitrogen and oxygen atoms in total. The first-order valence-corrected chi connectivity index (χ1v) is 7.44. The zero-order valence-corrected chi connectivity index (χ0v) is 11.0. The number of aliphatic imine (C=N–C) groups is 1. The van der Waals surface area contributed by atoms with Crippen molar-refractivity contribution in [2.24, 2.45) is 10.7 Å². The molecule has 0 spiro atoms. The van der Waals surface area contributed by atoms with Crippen LogP contribution in [0.4, 0.5) is 0 Å². The highest BCUT2D eigenvalue weighted by atomic mass is 15.3. The third-order valence-corrected chi connectivity index (χ3v) is 4.07. The SMILES string of the molecule is NC(=NC1CCCCC1)N1CCCCCCC1. The molecule has 1 saturated carbocycles. The van der Waals surface area contributed by atoms with E-state index in [4.69, 9.17) is 10.7 Å². The highest BCUT2D eigenvalue weighted by molar-refractivity contribution is 5.78. The smallest absolute Gasteiger partial charge is 0.191 e. The Balaban J connectivity index is 1.86. The Kier molecular flexibility index (Phi) is 5.14. The highest BCUT2D eigenvalue weighted by Gasteiger charge is 2.15. The summed E-state index contributed by atoms with van der Waals surface area (Å²) in [5.74, 6) is 0.818. The number of hydrogen-bond acceptors (Lipinski definition) is 1. The Morgan fingerprint density at radius 1 is 0.824 bits per heavy atom. The maximum Gasteiger partial charge on any atom is 0.191 e. The van der Waals surface area contributed by atoms with Gasteiger partial charge in [0.25, 0.3) is 0 Å². The summed E-state index contributed by atoms with van der Waals surface area (Å²) in [7, 11) is 0. The Morgan fingerprint density at radius 3 is 2.00 bits per heavy atom. The van der Waals surface area contributed by atoms with Crippen LogP contribution in [-0.2, 0) is 0 Å². The van der Waals surface area contributed by atoms with Gasteiger partial charge in [0.1, 0.15) is 0 Å². The summed E-state index contributed by atoms with van der Waals surface area (Å²) in [6.07, 6.45) is 13.2. The molecule has 2 aliphatic rings. The van der Waals surface area contributed by atoms with Gasteiger partial charge in [0, 0.05) is 13.1 Å². The van der Waals surface area contributed by atoms with Crippen LogP contribution in [0.25, 0.3) is 0 Å². The van der Waals surface area contributed by atoms with Crippen molar-refractivity contribution in [1.82, 2.24) is 4.90 Å². The van der Waals surface area contributed by atoms with E-state index in [1.165, 1.54) is 64.2 Å². The van der Waals surface area contributed by atoms with E-state index < -0.39 is 0 Å². The molecular formula is C14H27N3. The van der Waals surface area contributed by atoms with Crippen molar-refractivity contribution in [2.45, 2.75) is 70.3 Å². The topological polar surface area (TPSA) is 41.6 Å². The fraction of sp³-hybridized carbons (Fsp3) is 0.929. The Bertz CT molecular complexity index is 236. The predicted octanol–water partition coefficient (Wildman–Crippen LogP) is 2.90. The molecule has 2 rings (SSSR count). The van der Waals surface area contributed by atoms with Crippen LogP contribution in [0, 0.1) is 0 Å². The van der Waals surface area contributed by atoms with Gasteiger partial charge in [-0.1, -0.05) is 38.5 Å². The molecule has 0 atom stereocenters. The molecule has 2 fully saturated rings. The molecule has 1 heterocycles. The predicted molar refractivity (Wildman–Crippen MR) is 73.2 cm³/mol. The summed E-state index contributed by atoms with van der Waals surface area (Å²) in [4.78, 5) is 7.07. The molecule has 1 aliphatic carbocycles. The van der Waals surface area contributed by atoms with Gasteiger partial charge in [0.2, 0.25) is 0 Å². The standard InChI is InChI=1S/C14H27N3/c15-14(16-13-9-5-4-6-10-13)17-11-7-2-1-3-8-12-17/h13H,1-12H2,(H2,15,16). The number of nitrogens with zero attached hydrogens (tertiary/aromatic N) is 2. The number of hydrogen-bond donors (Lipinski definition) is 1. The van der Waals surface area contributed by atoms with Crippen LogP contribution >= 0.6 is 0 Å². The summed E-state index contributed by atoms with van der Waals surface area (Å²) in [6, 6.07) is 0.509. The van der Waals surface area contributed by atoms with Crippen molar-refractivity contribution in [3.05, 3.63) is 0 Å². The molecule has 1 aliphatic heterocycles. The fourth-order valence-electron chi connectivity index (χ4n) is 2.96. The monoisotopic (exact) mass is 237 g/mol. The fourth-order valence-corrected chi connectivity index (χ4v) is 2.96. The van der Waals surface area contributed by atoms with E-state index in [0.29, 0.717) is 6.04 Å². The van der Waals surface area contributed by atoms with Gasteiger partial charge in [-0.2, -0.15) is 0 Å². The van der Waals surface area contributed by atoms with Gasteiger partial charge in [-0.3, -0.25) is 0 Å². The molecule has 98 valence electrons. The lowest BCUT2D eigenvalue weighted by Gasteiger charge is -2.27. The molecule has 0 unspecified atom stereocenters. The van der Waals surface area contributed by atoms with Gasteiger partial charge < -0.3 is 10.6 Å². The minimum Gasteiger partial charge on any atom is -0.370 e. The maximum absolute atomic E-state index is 6.18. The highest BCUT2D eigenvalue weighted by Crippen LogP contribution is 2.20. The van der Waals surface area contributed by atoms with Crippen molar-refractivity contribution in [3.63, 3.8) is 0 Å². The van der Waals surface area contributed by atoms with Crippen molar-refractivity contribution in [1.29, 1.82) is 0 Å². The Hall–Kier alpha value is -0.730. The van der Waals surface area contributed by atoms with Crippen LogP contribution < -0.4 is 5.73 Å². The van der Waals surface area contributed by atoms with Gasteiger partial charge in [-0.05, 0) is 25.7 Å². The lowest BCUT2D eigenvalue weighted by atomic mass is 9.96. The van der Waals surface area contributed by atoms with Gasteiger partial charge in [0.15, 0.2) is 5.96 Å². The van der Waals surface area contributed by atoms with Crippen LogP contribution in [0.1, 0.15) is 64.2 Å². The summed E-state index contributed by atoms with van der Waals surface area (Å²) < 4.78 is 0.